The Hall–Kier alpha value is -0.980. The Morgan fingerprint density at radius 1 is 1.06 bits per heavy atom. The molecule has 0 fully saturated rings. The number of hydrogen-bond donors (Lipinski definition) is 1. The van der Waals surface area contributed by atoms with Crippen LogP contribution in [0, 0.1) is 0 Å². The van der Waals surface area contributed by atoms with Crippen LogP contribution < -0.4 is 5.73 Å². The fourth-order valence-corrected chi connectivity index (χ4v) is 1.83. The van der Waals surface area contributed by atoms with Crippen LogP contribution in [-0.2, 0) is 13.3 Å². The second kappa shape index (κ2) is 4.90. The fourth-order valence-electron chi connectivity index (χ4n) is 1.16. The van der Waals surface area contributed by atoms with Crippen LogP contribution in [0.15, 0.2) is 17.0 Å². The molecule has 1 nitrogen and oxygen atoms in total. The second-order valence-electron chi connectivity index (χ2n) is 2.97. The third-order valence-corrected chi connectivity index (χ3v) is 2.55. The molecule has 7 heteroatoms. The molecule has 0 radical (unpaired) electrons. The minimum atomic E-state index is -4.49. The van der Waals surface area contributed by atoms with E-state index in [-0.39, 0.29) is 21.7 Å². The van der Waals surface area contributed by atoms with Gasteiger partial charge in [0.2, 0.25) is 0 Å². The molecule has 0 aliphatic rings. The average molecular weight is 257 g/mol. The maximum Gasteiger partial charge on any atom is 0.446 e. The van der Waals surface area contributed by atoms with Crippen molar-refractivity contribution in [2.75, 3.05) is 5.73 Å². The molecular weight excluding hydrogens is 249 g/mol. The Morgan fingerprint density at radius 2 is 1.50 bits per heavy atom. The Morgan fingerprint density at radius 3 is 1.81 bits per heavy atom. The van der Waals surface area contributed by atoms with E-state index in [0.29, 0.717) is 0 Å². The van der Waals surface area contributed by atoms with Gasteiger partial charge in [0, 0.05) is 21.7 Å². The normalized spacial score (nSPS) is 11.8. The van der Waals surface area contributed by atoms with Gasteiger partial charge in [-0.3, -0.25) is 0 Å². The molecule has 0 heterocycles. The molecule has 0 amide bonds. The summed E-state index contributed by atoms with van der Waals surface area (Å²) in [6.07, 6.45) is 0. The molecule has 16 heavy (non-hydrogen) atoms. The number of thioether (sulfide) groups is 1. The minimum Gasteiger partial charge on any atom is -0.398 e. The van der Waals surface area contributed by atoms with Crippen LogP contribution in [0.4, 0.5) is 27.6 Å². The van der Waals surface area contributed by atoms with Crippen molar-refractivity contribution < 1.29 is 22.0 Å². The van der Waals surface area contributed by atoms with Gasteiger partial charge >= 0.3 is 5.51 Å². The van der Waals surface area contributed by atoms with Gasteiger partial charge in [-0.25, -0.2) is 8.78 Å². The van der Waals surface area contributed by atoms with Crippen molar-refractivity contribution in [2.45, 2.75) is 23.8 Å². The third-order valence-electron chi connectivity index (χ3n) is 1.85. The van der Waals surface area contributed by atoms with Gasteiger partial charge in [0.05, 0.1) is 0 Å². The van der Waals surface area contributed by atoms with E-state index in [9.17, 15) is 22.0 Å². The van der Waals surface area contributed by atoms with Gasteiger partial charge < -0.3 is 5.73 Å². The standard InChI is InChI=1S/C9H8F5NS/c10-3-5-1-7(16-9(12,13)14)2-6(4-11)8(5)15/h1-2H,3-4,15H2. The van der Waals surface area contributed by atoms with Crippen molar-refractivity contribution >= 4 is 17.4 Å². The molecule has 0 unspecified atom stereocenters. The lowest BCUT2D eigenvalue weighted by Gasteiger charge is -2.11. The number of rotatable bonds is 3. The summed E-state index contributed by atoms with van der Waals surface area (Å²) in [6, 6.07) is 1.96. The predicted octanol–water partition coefficient (Wildman–Crippen LogP) is 3.82. The first-order valence-electron chi connectivity index (χ1n) is 4.16. The van der Waals surface area contributed by atoms with Crippen molar-refractivity contribution in [3.05, 3.63) is 23.3 Å². The van der Waals surface area contributed by atoms with Crippen molar-refractivity contribution in [3.8, 4) is 0 Å². The first-order valence-corrected chi connectivity index (χ1v) is 4.98. The molecule has 0 aliphatic heterocycles. The Labute approximate surface area is 92.8 Å². The number of nitrogen functional groups attached to an aromatic ring is 1. The van der Waals surface area contributed by atoms with Gasteiger partial charge in [-0.1, -0.05) is 0 Å². The highest BCUT2D eigenvalue weighted by molar-refractivity contribution is 8.00. The largest absolute Gasteiger partial charge is 0.446 e. The zero-order valence-corrected chi connectivity index (χ0v) is 8.76. The molecule has 2 N–H and O–H groups in total. The maximum atomic E-state index is 12.4. The highest BCUT2D eigenvalue weighted by Gasteiger charge is 2.29. The first-order chi connectivity index (χ1) is 7.37. The number of halogens is 5. The summed E-state index contributed by atoms with van der Waals surface area (Å²) in [5.74, 6) is 0. The molecule has 1 aromatic rings. The minimum absolute atomic E-state index is 0.123. The quantitative estimate of drug-likeness (QED) is 0.506. The summed E-state index contributed by atoms with van der Waals surface area (Å²) in [6.45, 7) is -2.05. The molecule has 90 valence electrons. The maximum absolute atomic E-state index is 12.4. The summed E-state index contributed by atoms with van der Waals surface area (Å²) in [5.41, 5.74) is 0.503. The average Bonchev–Trinajstić information content (AvgIpc) is 2.18. The van der Waals surface area contributed by atoms with Crippen molar-refractivity contribution in [3.63, 3.8) is 0 Å². The topological polar surface area (TPSA) is 26.0 Å². The van der Waals surface area contributed by atoms with E-state index in [1.807, 2.05) is 0 Å². The fraction of sp³-hybridized carbons (Fsp3) is 0.333. The molecule has 0 atom stereocenters. The summed E-state index contributed by atoms with van der Waals surface area (Å²) < 4.78 is 61.0. The molecule has 0 aromatic heterocycles. The van der Waals surface area contributed by atoms with Gasteiger partial charge in [0.25, 0.3) is 0 Å². The lowest BCUT2D eigenvalue weighted by molar-refractivity contribution is -0.0328. The van der Waals surface area contributed by atoms with E-state index in [2.05, 4.69) is 0 Å². The van der Waals surface area contributed by atoms with Crippen molar-refractivity contribution in [1.29, 1.82) is 0 Å². The Bertz CT molecular complexity index is 352. The lowest BCUT2D eigenvalue weighted by Crippen LogP contribution is -2.02. The summed E-state index contributed by atoms with van der Waals surface area (Å²) in [7, 11) is 0. The highest BCUT2D eigenvalue weighted by atomic mass is 32.2. The van der Waals surface area contributed by atoms with Gasteiger partial charge in [0.15, 0.2) is 0 Å². The van der Waals surface area contributed by atoms with E-state index in [4.69, 9.17) is 5.73 Å². The van der Waals surface area contributed by atoms with Crippen LogP contribution in [0.5, 0.6) is 0 Å². The van der Waals surface area contributed by atoms with Crippen LogP contribution in [0.25, 0.3) is 0 Å². The van der Waals surface area contributed by atoms with Crippen LogP contribution >= 0.6 is 11.8 Å². The smallest absolute Gasteiger partial charge is 0.398 e. The number of anilines is 1. The van der Waals surface area contributed by atoms with Gasteiger partial charge in [-0.05, 0) is 23.9 Å². The number of benzene rings is 1. The van der Waals surface area contributed by atoms with Crippen molar-refractivity contribution in [2.24, 2.45) is 0 Å². The number of hydrogen-bond acceptors (Lipinski definition) is 2. The van der Waals surface area contributed by atoms with Crippen LogP contribution in [-0.4, -0.2) is 5.51 Å². The van der Waals surface area contributed by atoms with E-state index in [0.717, 1.165) is 12.1 Å². The van der Waals surface area contributed by atoms with Crippen LogP contribution in [0.2, 0.25) is 0 Å². The van der Waals surface area contributed by atoms with Crippen molar-refractivity contribution in [1.82, 2.24) is 0 Å². The monoisotopic (exact) mass is 257 g/mol. The molecule has 0 saturated carbocycles. The predicted molar refractivity (Wildman–Crippen MR) is 52.4 cm³/mol. The highest BCUT2D eigenvalue weighted by Crippen LogP contribution is 2.39. The molecule has 0 aliphatic carbocycles. The van der Waals surface area contributed by atoms with Crippen LogP contribution in [0.3, 0.4) is 0 Å². The van der Waals surface area contributed by atoms with E-state index < -0.39 is 30.6 Å². The number of alkyl halides is 5. The van der Waals surface area contributed by atoms with Gasteiger partial charge in [-0.15, -0.1) is 0 Å². The lowest BCUT2D eigenvalue weighted by atomic mass is 10.1. The zero-order chi connectivity index (χ0) is 12.3. The summed E-state index contributed by atoms with van der Waals surface area (Å²) >= 11 is -0.420. The van der Waals surface area contributed by atoms with Gasteiger partial charge in [0.1, 0.15) is 13.3 Å². The third kappa shape index (κ3) is 3.26. The van der Waals surface area contributed by atoms with Gasteiger partial charge in [-0.2, -0.15) is 13.2 Å². The SMILES string of the molecule is Nc1c(CF)cc(SC(F)(F)F)cc1CF. The Kier molecular flexibility index (Phi) is 4.01. The summed E-state index contributed by atoms with van der Waals surface area (Å²) in [5, 5.41) is 0. The molecule has 0 spiro atoms. The first kappa shape index (κ1) is 13.1. The Balaban J connectivity index is 3.12. The second-order valence-corrected chi connectivity index (χ2v) is 4.11. The molecular formula is C9H8F5NS. The van der Waals surface area contributed by atoms with E-state index >= 15 is 0 Å². The van der Waals surface area contributed by atoms with E-state index in [1.165, 1.54) is 0 Å². The van der Waals surface area contributed by atoms with E-state index in [1.54, 1.807) is 0 Å². The number of nitrogens with two attached hydrogens (primary N) is 1. The molecule has 0 saturated heterocycles. The molecule has 1 aromatic carbocycles. The van der Waals surface area contributed by atoms with Crippen LogP contribution in [0.1, 0.15) is 11.1 Å². The zero-order valence-electron chi connectivity index (χ0n) is 7.94. The molecule has 1 rings (SSSR count). The molecule has 0 bridgehead atoms. The summed E-state index contributed by atoms with van der Waals surface area (Å²) in [4.78, 5) is -0.262.